The molecule has 0 unspecified atom stereocenters. The predicted octanol–water partition coefficient (Wildman–Crippen LogP) is 2.38. The van der Waals surface area contributed by atoms with Crippen LogP contribution in [0.1, 0.15) is 42.4 Å². The van der Waals surface area contributed by atoms with Crippen LogP contribution in [-0.2, 0) is 25.5 Å². The average molecular weight is 313 g/mol. The molecule has 0 saturated heterocycles. The van der Waals surface area contributed by atoms with E-state index in [0.29, 0.717) is 10.6 Å². The van der Waals surface area contributed by atoms with Gasteiger partial charge in [-0.25, -0.2) is 4.79 Å². The number of hydrogen-bond donors (Lipinski definition) is 1. The van der Waals surface area contributed by atoms with Crippen molar-refractivity contribution in [1.29, 1.82) is 0 Å². The van der Waals surface area contributed by atoms with E-state index in [4.69, 9.17) is 9.47 Å². The first-order valence-electron chi connectivity index (χ1n) is 6.77. The average Bonchev–Trinajstić information content (AvgIpc) is 2.82. The number of thiophene rings is 1. The Morgan fingerprint density at radius 3 is 2.38 bits per heavy atom. The summed E-state index contributed by atoms with van der Waals surface area (Å²) in [7, 11) is 0. The van der Waals surface area contributed by atoms with Gasteiger partial charge in [0.05, 0.1) is 18.8 Å². The lowest BCUT2D eigenvalue weighted by atomic mass is 10.2. The minimum Gasteiger partial charge on any atom is -0.466 e. The van der Waals surface area contributed by atoms with Crippen LogP contribution in [0.3, 0.4) is 0 Å². The molecule has 1 N–H and O–H groups in total. The highest BCUT2D eigenvalue weighted by Crippen LogP contribution is 2.29. The van der Waals surface area contributed by atoms with Crippen LogP contribution in [0.25, 0.3) is 0 Å². The first-order chi connectivity index (χ1) is 10.0. The van der Waals surface area contributed by atoms with E-state index in [1.165, 1.54) is 11.3 Å². The summed E-state index contributed by atoms with van der Waals surface area (Å²) in [6.45, 7) is 5.81. The van der Waals surface area contributed by atoms with E-state index >= 15 is 0 Å². The molecule has 0 spiro atoms. The molecule has 1 aromatic heterocycles. The maximum atomic E-state index is 11.8. The second-order valence-electron chi connectivity index (χ2n) is 4.06. The van der Waals surface area contributed by atoms with Crippen molar-refractivity contribution in [2.45, 2.75) is 33.6 Å². The number of carbonyl (C=O) groups excluding carboxylic acids is 3. The summed E-state index contributed by atoms with van der Waals surface area (Å²) in [5.41, 5.74) is 0.316. The number of amides is 1. The second kappa shape index (κ2) is 8.41. The van der Waals surface area contributed by atoms with Gasteiger partial charge in [-0.1, -0.05) is 6.92 Å². The fourth-order valence-electron chi connectivity index (χ4n) is 1.58. The molecule has 0 aliphatic carbocycles. The number of hydrogen-bond acceptors (Lipinski definition) is 6. The van der Waals surface area contributed by atoms with Crippen LogP contribution in [0.5, 0.6) is 0 Å². The minimum atomic E-state index is -0.597. The third-order valence-electron chi connectivity index (χ3n) is 2.49. The third kappa shape index (κ3) is 5.18. The quantitative estimate of drug-likeness (QED) is 0.617. The van der Waals surface area contributed by atoms with Crippen molar-refractivity contribution in [2.75, 3.05) is 18.5 Å². The molecule has 1 heterocycles. The number of ether oxygens (including phenoxy) is 2. The fraction of sp³-hybridized carbons (Fsp3) is 0.500. The number of rotatable bonds is 7. The molecule has 0 aliphatic heterocycles. The maximum Gasteiger partial charge on any atom is 0.341 e. The van der Waals surface area contributed by atoms with Crippen LogP contribution >= 0.6 is 11.3 Å². The van der Waals surface area contributed by atoms with Gasteiger partial charge in [0, 0.05) is 4.88 Å². The first-order valence-corrected chi connectivity index (χ1v) is 7.58. The fourth-order valence-corrected chi connectivity index (χ4v) is 2.58. The Morgan fingerprint density at radius 1 is 1.14 bits per heavy atom. The summed E-state index contributed by atoms with van der Waals surface area (Å²) < 4.78 is 9.66. The molecule has 0 radical (unpaired) electrons. The number of aryl methyl sites for hydroxylation is 1. The minimum absolute atomic E-state index is 0.221. The van der Waals surface area contributed by atoms with Crippen molar-refractivity contribution in [1.82, 2.24) is 0 Å². The third-order valence-corrected chi connectivity index (χ3v) is 3.68. The van der Waals surface area contributed by atoms with Gasteiger partial charge in [-0.2, -0.15) is 0 Å². The zero-order valence-corrected chi connectivity index (χ0v) is 13.2. The van der Waals surface area contributed by atoms with Crippen LogP contribution < -0.4 is 5.32 Å². The number of nitrogens with one attached hydrogen (secondary N) is 1. The molecule has 0 bridgehead atoms. The normalized spacial score (nSPS) is 10.0. The number of anilines is 1. The van der Waals surface area contributed by atoms with Gasteiger partial charge in [-0.3, -0.25) is 9.59 Å². The van der Waals surface area contributed by atoms with E-state index in [9.17, 15) is 14.4 Å². The van der Waals surface area contributed by atoms with Crippen molar-refractivity contribution in [3.05, 3.63) is 16.5 Å². The van der Waals surface area contributed by atoms with Crippen LogP contribution in [0, 0.1) is 0 Å². The Labute approximate surface area is 127 Å². The monoisotopic (exact) mass is 313 g/mol. The van der Waals surface area contributed by atoms with E-state index in [-0.39, 0.29) is 19.6 Å². The number of carbonyl (C=O) groups is 3. The van der Waals surface area contributed by atoms with E-state index in [0.717, 1.165) is 11.3 Å². The van der Waals surface area contributed by atoms with Crippen molar-refractivity contribution in [3.63, 3.8) is 0 Å². The van der Waals surface area contributed by atoms with Crippen molar-refractivity contribution < 1.29 is 23.9 Å². The summed E-state index contributed by atoms with van der Waals surface area (Å²) in [5, 5.41) is 2.97. The lowest BCUT2D eigenvalue weighted by Crippen LogP contribution is -2.19. The standard InChI is InChI=1S/C14H19NO5S/c1-4-9-7-10(14(18)20-6-3)13(21-9)15-11(16)8-12(17)19-5-2/h7H,4-6,8H2,1-3H3,(H,15,16). The van der Waals surface area contributed by atoms with Gasteiger partial charge in [-0.05, 0) is 26.3 Å². The number of esters is 2. The highest BCUT2D eigenvalue weighted by atomic mass is 32.1. The molecule has 0 atom stereocenters. The molecule has 116 valence electrons. The highest BCUT2D eigenvalue weighted by Gasteiger charge is 2.19. The summed E-state index contributed by atoms with van der Waals surface area (Å²) in [6, 6.07) is 1.70. The van der Waals surface area contributed by atoms with Gasteiger partial charge >= 0.3 is 11.9 Å². The molecule has 6 nitrogen and oxygen atoms in total. The van der Waals surface area contributed by atoms with Crippen molar-refractivity contribution in [2.24, 2.45) is 0 Å². The molecule has 0 fully saturated rings. The summed E-state index contributed by atoms with van der Waals surface area (Å²) in [5.74, 6) is -1.59. The Hall–Kier alpha value is -1.89. The summed E-state index contributed by atoms with van der Waals surface area (Å²) in [6.07, 6.45) is 0.361. The maximum absolute atomic E-state index is 11.8. The van der Waals surface area contributed by atoms with Gasteiger partial charge in [0.1, 0.15) is 11.4 Å². The SMILES string of the molecule is CCOC(=O)CC(=O)Nc1sc(CC)cc1C(=O)OCC. The van der Waals surface area contributed by atoms with Crippen LogP contribution in [-0.4, -0.2) is 31.1 Å². The van der Waals surface area contributed by atoms with Crippen LogP contribution in [0.4, 0.5) is 5.00 Å². The van der Waals surface area contributed by atoms with Crippen molar-refractivity contribution >= 4 is 34.2 Å². The van der Waals surface area contributed by atoms with Crippen molar-refractivity contribution in [3.8, 4) is 0 Å². The zero-order chi connectivity index (χ0) is 15.8. The van der Waals surface area contributed by atoms with Gasteiger partial charge in [0.25, 0.3) is 0 Å². The van der Waals surface area contributed by atoms with Gasteiger partial charge in [0.2, 0.25) is 5.91 Å². The smallest absolute Gasteiger partial charge is 0.341 e. The summed E-state index contributed by atoms with van der Waals surface area (Å²) >= 11 is 1.30. The molecular weight excluding hydrogens is 294 g/mol. The Bertz CT molecular complexity index is 523. The van der Waals surface area contributed by atoms with E-state index in [1.807, 2.05) is 6.92 Å². The van der Waals surface area contributed by atoms with Crippen LogP contribution in [0.2, 0.25) is 0 Å². The lowest BCUT2D eigenvalue weighted by molar-refractivity contribution is -0.145. The van der Waals surface area contributed by atoms with E-state index < -0.39 is 17.8 Å². The highest BCUT2D eigenvalue weighted by molar-refractivity contribution is 7.16. The molecule has 0 aromatic carbocycles. The summed E-state index contributed by atoms with van der Waals surface area (Å²) in [4.78, 5) is 35.8. The Morgan fingerprint density at radius 2 is 1.81 bits per heavy atom. The molecule has 1 aromatic rings. The zero-order valence-electron chi connectivity index (χ0n) is 12.4. The molecule has 1 rings (SSSR count). The van der Waals surface area contributed by atoms with Crippen LogP contribution in [0.15, 0.2) is 6.07 Å². The predicted molar refractivity (Wildman–Crippen MR) is 79.5 cm³/mol. The molecule has 7 heteroatoms. The first kappa shape index (κ1) is 17.2. The van der Waals surface area contributed by atoms with Gasteiger partial charge < -0.3 is 14.8 Å². The molecular formula is C14H19NO5S. The largest absolute Gasteiger partial charge is 0.466 e. The topological polar surface area (TPSA) is 81.7 Å². The molecule has 0 saturated carbocycles. The lowest BCUT2D eigenvalue weighted by Gasteiger charge is -2.05. The van der Waals surface area contributed by atoms with E-state index in [1.54, 1.807) is 19.9 Å². The molecule has 0 aliphatic rings. The van der Waals surface area contributed by atoms with E-state index in [2.05, 4.69) is 5.32 Å². The van der Waals surface area contributed by atoms with Gasteiger partial charge in [-0.15, -0.1) is 11.3 Å². The Kier molecular flexibility index (Phi) is 6.87. The molecule has 1 amide bonds. The Balaban J connectivity index is 2.81. The molecule has 21 heavy (non-hydrogen) atoms. The van der Waals surface area contributed by atoms with Gasteiger partial charge in [0.15, 0.2) is 0 Å². The second-order valence-corrected chi connectivity index (χ2v) is 5.20.